The number of hydrogen-bond acceptors (Lipinski definition) is 3. The first kappa shape index (κ1) is 10.5. The molecule has 0 spiro atoms. The van der Waals surface area contributed by atoms with Gasteiger partial charge in [0.05, 0.1) is 0 Å². The molecule has 2 aromatic carbocycles. The highest BCUT2D eigenvalue weighted by molar-refractivity contribution is 5.70. The second-order valence-corrected chi connectivity index (χ2v) is 3.56. The molecule has 0 aliphatic carbocycles. The minimum atomic E-state index is -0.121. The molecule has 0 aliphatic heterocycles. The quantitative estimate of drug-likeness (QED) is 0.673. The molecule has 82 valence electrons. The zero-order valence-corrected chi connectivity index (χ0v) is 8.72. The van der Waals surface area contributed by atoms with Gasteiger partial charge in [0, 0.05) is 6.54 Å². The van der Waals surface area contributed by atoms with E-state index in [0.717, 1.165) is 16.7 Å². The Morgan fingerprint density at radius 3 is 2.38 bits per heavy atom. The molecule has 0 radical (unpaired) electrons. The zero-order valence-electron chi connectivity index (χ0n) is 8.72. The summed E-state index contributed by atoms with van der Waals surface area (Å²) in [6.07, 6.45) is 0. The minimum absolute atomic E-state index is 0.117. The standard InChI is InChI=1S/C13H13NO2/c14-8-10-3-1-2-4-11(10)9-5-6-12(15)13(16)7-9/h1-7,15-16H,8,14H2. The van der Waals surface area contributed by atoms with Gasteiger partial charge in [-0.05, 0) is 28.8 Å². The van der Waals surface area contributed by atoms with E-state index in [1.807, 2.05) is 24.3 Å². The van der Waals surface area contributed by atoms with Crippen LogP contribution in [0.3, 0.4) is 0 Å². The van der Waals surface area contributed by atoms with Crippen LogP contribution in [-0.2, 0) is 6.54 Å². The molecule has 0 aromatic heterocycles. The Kier molecular flexibility index (Phi) is 2.79. The summed E-state index contributed by atoms with van der Waals surface area (Å²) in [4.78, 5) is 0. The highest BCUT2D eigenvalue weighted by Gasteiger charge is 2.06. The lowest BCUT2D eigenvalue weighted by molar-refractivity contribution is 0.404. The third-order valence-electron chi connectivity index (χ3n) is 2.52. The largest absolute Gasteiger partial charge is 0.504 e. The maximum Gasteiger partial charge on any atom is 0.158 e. The van der Waals surface area contributed by atoms with Gasteiger partial charge in [-0.3, -0.25) is 0 Å². The molecule has 0 bridgehead atoms. The second kappa shape index (κ2) is 4.24. The summed E-state index contributed by atoms with van der Waals surface area (Å²) in [6, 6.07) is 12.5. The van der Waals surface area contributed by atoms with Gasteiger partial charge in [0.15, 0.2) is 11.5 Å². The molecule has 0 fully saturated rings. The highest BCUT2D eigenvalue weighted by Crippen LogP contribution is 2.31. The van der Waals surface area contributed by atoms with E-state index in [-0.39, 0.29) is 11.5 Å². The molecule has 0 atom stereocenters. The van der Waals surface area contributed by atoms with E-state index in [1.165, 1.54) is 12.1 Å². The molecule has 0 heterocycles. The molecule has 0 aliphatic rings. The van der Waals surface area contributed by atoms with Gasteiger partial charge in [-0.2, -0.15) is 0 Å². The van der Waals surface area contributed by atoms with Crippen LogP contribution in [0.2, 0.25) is 0 Å². The van der Waals surface area contributed by atoms with Crippen molar-refractivity contribution in [3.63, 3.8) is 0 Å². The van der Waals surface area contributed by atoms with Gasteiger partial charge >= 0.3 is 0 Å². The van der Waals surface area contributed by atoms with E-state index in [1.54, 1.807) is 6.07 Å². The predicted molar refractivity (Wildman–Crippen MR) is 63.1 cm³/mol. The molecule has 0 saturated carbocycles. The summed E-state index contributed by atoms with van der Waals surface area (Å²) in [5, 5.41) is 18.7. The third kappa shape index (κ3) is 1.85. The zero-order chi connectivity index (χ0) is 11.5. The number of hydrogen-bond donors (Lipinski definition) is 3. The summed E-state index contributed by atoms with van der Waals surface area (Å²) >= 11 is 0. The predicted octanol–water partition coefficient (Wildman–Crippen LogP) is 2.22. The first-order chi connectivity index (χ1) is 7.72. The normalized spacial score (nSPS) is 10.3. The van der Waals surface area contributed by atoms with Gasteiger partial charge in [0.2, 0.25) is 0 Å². The van der Waals surface area contributed by atoms with Crippen LogP contribution in [-0.4, -0.2) is 10.2 Å². The Balaban J connectivity index is 2.54. The van der Waals surface area contributed by atoms with Gasteiger partial charge < -0.3 is 15.9 Å². The highest BCUT2D eigenvalue weighted by atomic mass is 16.3. The van der Waals surface area contributed by atoms with Crippen molar-refractivity contribution in [1.29, 1.82) is 0 Å². The van der Waals surface area contributed by atoms with Crippen molar-refractivity contribution in [3.8, 4) is 22.6 Å². The average Bonchev–Trinajstić information content (AvgIpc) is 2.32. The maximum atomic E-state index is 9.44. The molecule has 4 N–H and O–H groups in total. The number of phenolic OH excluding ortho intramolecular Hbond substituents is 2. The monoisotopic (exact) mass is 215 g/mol. The molecular formula is C13H13NO2. The van der Waals surface area contributed by atoms with Crippen molar-refractivity contribution >= 4 is 0 Å². The number of rotatable bonds is 2. The molecule has 3 heteroatoms. The van der Waals surface area contributed by atoms with Crippen molar-refractivity contribution in [2.24, 2.45) is 5.73 Å². The molecule has 2 aromatic rings. The van der Waals surface area contributed by atoms with E-state index < -0.39 is 0 Å². The van der Waals surface area contributed by atoms with E-state index in [2.05, 4.69) is 0 Å². The molecule has 2 rings (SSSR count). The smallest absolute Gasteiger partial charge is 0.158 e. The fourth-order valence-corrected chi connectivity index (χ4v) is 1.67. The summed E-state index contributed by atoms with van der Waals surface area (Å²) < 4.78 is 0. The fraction of sp³-hybridized carbons (Fsp3) is 0.0769. The van der Waals surface area contributed by atoms with Gasteiger partial charge in [-0.1, -0.05) is 30.3 Å². The number of benzene rings is 2. The van der Waals surface area contributed by atoms with Crippen molar-refractivity contribution in [3.05, 3.63) is 48.0 Å². The Hall–Kier alpha value is -2.00. The van der Waals surface area contributed by atoms with Crippen LogP contribution < -0.4 is 5.73 Å². The molecule has 16 heavy (non-hydrogen) atoms. The van der Waals surface area contributed by atoms with E-state index in [0.29, 0.717) is 6.54 Å². The van der Waals surface area contributed by atoms with E-state index in [4.69, 9.17) is 5.73 Å². The van der Waals surface area contributed by atoms with Crippen molar-refractivity contribution in [2.75, 3.05) is 0 Å². The van der Waals surface area contributed by atoms with Crippen LogP contribution in [0.15, 0.2) is 42.5 Å². The summed E-state index contributed by atoms with van der Waals surface area (Å²) in [5.41, 5.74) is 8.47. The van der Waals surface area contributed by atoms with Crippen molar-refractivity contribution in [1.82, 2.24) is 0 Å². The molecular weight excluding hydrogens is 202 g/mol. The number of phenols is 2. The Morgan fingerprint density at radius 2 is 1.69 bits per heavy atom. The topological polar surface area (TPSA) is 66.5 Å². The second-order valence-electron chi connectivity index (χ2n) is 3.56. The molecule has 3 nitrogen and oxygen atoms in total. The van der Waals surface area contributed by atoms with Gasteiger partial charge in [0.1, 0.15) is 0 Å². The molecule has 0 unspecified atom stereocenters. The van der Waals surface area contributed by atoms with E-state index in [9.17, 15) is 10.2 Å². The first-order valence-electron chi connectivity index (χ1n) is 5.02. The lowest BCUT2D eigenvalue weighted by Crippen LogP contribution is -1.98. The Bertz CT molecular complexity index is 509. The maximum absolute atomic E-state index is 9.44. The summed E-state index contributed by atoms with van der Waals surface area (Å²) in [6.45, 7) is 0.442. The molecule has 0 amide bonds. The average molecular weight is 215 g/mol. The van der Waals surface area contributed by atoms with Crippen LogP contribution in [0.5, 0.6) is 11.5 Å². The third-order valence-corrected chi connectivity index (χ3v) is 2.52. The van der Waals surface area contributed by atoms with Gasteiger partial charge in [-0.15, -0.1) is 0 Å². The van der Waals surface area contributed by atoms with Crippen LogP contribution in [0, 0.1) is 0 Å². The SMILES string of the molecule is NCc1ccccc1-c1ccc(O)c(O)c1. The number of aromatic hydroxyl groups is 2. The lowest BCUT2D eigenvalue weighted by Gasteiger charge is -2.08. The van der Waals surface area contributed by atoms with Crippen LogP contribution >= 0.6 is 0 Å². The van der Waals surface area contributed by atoms with Gasteiger partial charge in [0.25, 0.3) is 0 Å². The lowest BCUT2D eigenvalue weighted by atomic mass is 9.99. The van der Waals surface area contributed by atoms with Crippen molar-refractivity contribution < 1.29 is 10.2 Å². The van der Waals surface area contributed by atoms with E-state index >= 15 is 0 Å². The Labute approximate surface area is 93.8 Å². The van der Waals surface area contributed by atoms with Crippen LogP contribution in [0.4, 0.5) is 0 Å². The van der Waals surface area contributed by atoms with Crippen molar-refractivity contribution in [2.45, 2.75) is 6.54 Å². The van der Waals surface area contributed by atoms with Crippen LogP contribution in [0.1, 0.15) is 5.56 Å². The van der Waals surface area contributed by atoms with Gasteiger partial charge in [-0.25, -0.2) is 0 Å². The Morgan fingerprint density at radius 1 is 0.938 bits per heavy atom. The first-order valence-corrected chi connectivity index (χ1v) is 5.02. The van der Waals surface area contributed by atoms with Crippen LogP contribution in [0.25, 0.3) is 11.1 Å². The molecule has 0 saturated heterocycles. The fourth-order valence-electron chi connectivity index (χ4n) is 1.67. The summed E-state index contributed by atoms with van der Waals surface area (Å²) in [7, 11) is 0. The number of nitrogens with two attached hydrogens (primary N) is 1. The minimum Gasteiger partial charge on any atom is -0.504 e. The summed E-state index contributed by atoms with van der Waals surface area (Å²) in [5.74, 6) is -0.238.